The summed E-state index contributed by atoms with van der Waals surface area (Å²) in [5, 5.41) is 0. The van der Waals surface area contributed by atoms with Crippen LogP contribution in [0.25, 0.3) is 0 Å². The van der Waals surface area contributed by atoms with Gasteiger partial charge in [0.15, 0.2) is 0 Å². The molecule has 1 rings (SSSR count). The first-order valence-electron chi connectivity index (χ1n) is 5.34. The molecule has 0 aromatic rings. The van der Waals surface area contributed by atoms with E-state index in [2.05, 4.69) is 0 Å². The van der Waals surface area contributed by atoms with Gasteiger partial charge in [-0.2, -0.15) is 0 Å². The van der Waals surface area contributed by atoms with Crippen LogP contribution in [-0.4, -0.2) is 38.5 Å². The zero-order valence-electron chi connectivity index (χ0n) is 9.32. The minimum atomic E-state index is -0.292. The highest BCUT2D eigenvalue weighted by Gasteiger charge is 2.20. The van der Waals surface area contributed by atoms with Gasteiger partial charge in [-0.3, -0.25) is 0 Å². The molecule has 1 aliphatic heterocycles. The van der Waals surface area contributed by atoms with E-state index in [1.54, 1.807) is 6.92 Å². The van der Waals surface area contributed by atoms with Gasteiger partial charge in [0, 0.05) is 12.7 Å². The number of carbonyl (C=O) groups is 1. The van der Waals surface area contributed by atoms with Gasteiger partial charge in [-0.15, -0.1) is 0 Å². The van der Waals surface area contributed by atoms with Crippen LogP contribution in [0.4, 0.5) is 0 Å². The lowest BCUT2D eigenvalue weighted by Crippen LogP contribution is -2.29. The Morgan fingerprint density at radius 3 is 3.00 bits per heavy atom. The van der Waals surface area contributed by atoms with E-state index in [-0.39, 0.29) is 12.1 Å². The second-order valence-electron chi connectivity index (χ2n) is 3.24. The Balaban J connectivity index is 2.58. The molecular weight excluding hydrogens is 196 g/mol. The van der Waals surface area contributed by atoms with Gasteiger partial charge in [0.25, 0.3) is 0 Å². The van der Waals surface area contributed by atoms with Crippen LogP contribution in [0.15, 0.2) is 11.6 Å². The molecule has 1 aliphatic rings. The summed E-state index contributed by atoms with van der Waals surface area (Å²) in [5.74, 6) is -0.292. The van der Waals surface area contributed by atoms with Crippen LogP contribution in [0.1, 0.15) is 20.3 Å². The van der Waals surface area contributed by atoms with Gasteiger partial charge in [-0.05, 0) is 25.8 Å². The van der Waals surface area contributed by atoms with Crippen LogP contribution in [-0.2, 0) is 19.0 Å². The van der Waals surface area contributed by atoms with Crippen molar-refractivity contribution in [3.8, 4) is 0 Å². The van der Waals surface area contributed by atoms with Crippen molar-refractivity contribution in [2.75, 3.05) is 26.4 Å². The maximum Gasteiger partial charge on any atom is 0.330 e. The maximum absolute atomic E-state index is 11.3. The largest absolute Gasteiger partial charge is 0.463 e. The molecule has 0 amide bonds. The fourth-order valence-corrected chi connectivity index (χ4v) is 1.51. The lowest BCUT2D eigenvalue weighted by atomic mass is 10.0. The number of hydrogen-bond acceptors (Lipinski definition) is 4. The highest BCUT2D eigenvalue weighted by molar-refractivity contribution is 5.83. The third-order valence-electron chi connectivity index (χ3n) is 2.18. The Morgan fingerprint density at radius 1 is 1.53 bits per heavy atom. The molecule has 0 aromatic carbocycles. The molecule has 0 radical (unpaired) electrons. The van der Waals surface area contributed by atoms with E-state index < -0.39 is 0 Å². The van der Waals surface area contributed by atoms with Gasteiger partial charge < -0.3 is 14.2 Å². The van der Waals surface area contributed by atoms with Gasteiger partial charge in [-0.25, -0.2) is 4.79 Å². The second kappa shape index (κ2) is 6.58. The summed E-state index contributed by atoms with van der Waals surface area (Å²) in [6.07, 6.45) is 2.18. The summed E-state index contributed by atoms with van der Waals surface area (Å²) < 4.78 is 15.6. The Kier molecular flexibility index (Phi) is 5.36. The van der Waals surface area contributed by atoms with E-state index in [4.69, 9.17) is 14.2 Å². The van der Waals surface area contributed by atoms with Crippen molar-refractivity contribution in [1.29, 1.82) is 0 Å². The summed E-state index contributed by atoms with van der Waals surface area (Å²) >= 11 is 0. The molecule has 0 saturated carbocycles. The topological polar surface area (TPSA) is 44.8 Å². The number of ether oxygens (including phenoxy) is 3. The quantitative estimate of drug-likeness (QED) is 0.522. The minimum absolute atomic E-state index is 0.0897. The van der Waals surface area contributed by atoms with Crippen molar-refractivity contribution in [1.82, 2.24) is 0 Å². The van der Waals surface area contributed by atoms with E-state index >= 15 is 0 Å². The third-order valence-corrected chi connectivity index (χ3v) is 2.18. The fourth-order valence-electron chi connectivity index (χ4n) is 1.51. The molecule has 4 nitrogen and oxygen atoms in total. The SMILES string of the molecule is CCOC(=O)/C=C1/CCOCC1OCC. The minimum Gasteiger partial charge on any atom is -0.463 e. The molecule has 1 unspecified atom stereocenters. The molecule has 0 aliphatic carbocycles. The zero-order valence-corrected chi connectivity index (χ0v) is 9.32. The summed E-state index contributed by atoms with van der Waals surface area (Å²) in [4.78, 5) is 11.3. The zero-order chi connectivity index (χ0) is 11.1. The lowest BCUT2D eigenvalue weighted by molar-refractivity contribution is -0.137. The maximum atomic E-state index is 11.3. The van der Waals surface area contributed by atoms with Crippen LogP contribution in [0.5, 0.6) is 0 Å². The first-order valence-corrected chi connectivity index (χ1v) is 5.34. The van der Waals surface area contributed by atoms with Crippen LogP contribution < -0.4 is 0 Å². The highest BCUT2D eigenvalue weighted by atomic mass is 16.5. The van der Waals surface area contributed by atoms with Crippen LogP contribution in [0.2, 0.25) is 0 Å². The van der Waals surface area contributed by atoms with Gasteiger partial charge in [0.05, 0.1) is 19.8 Å². The van der Waals surface area contributed by atoms with Crippen molar-refractivity contribution < 1.29 is 19.0 Å². The second-order valence-corrected chi connectivity index (χ2v) is 3.24. The highest BCUT2D eigenvalue weighted by Crippen LogP contribution is 2.17. The molecule has 0 aromatic heterocycles. The van der Waals surface area contributed by atoms with E-state index in [1.807, 2.05) is 6.92 Å². The van der Waals surface area contributed by atoms with Gasteiger partial charge in [-0.1, -0.05) is 0 Å². The molecule has 1 atom stereocenters. The van der Waals surface area contributed by atoms with Gasteiger partial charge in [0.2, 0.25) is 0 Å². The predicted molar refractivity (Wildman–Crippen MR) is 55.6 cm³/mol. The number of carbonyl (C=O) groups excluding carboxylic acids is 1. The Hall–Kier alpha value is -0.870. The van der Waals surface area contributed by atoms with Crippen LogP contribution >= 0.6 is 0 Å². The lowest BCUT2D eigenvalue weighted by Gasteiger charge is -2.25. The summed E-state index contributed by atoms with van der Waals surface area (Å²) in [7, 11) is 0. The molecule has 0 spiro atoms. The van der Waals surface area contributed by atoms with Gasteiger partial charge >= 0.3 is 5.97 Å². The van der Waals surface area contributed by atoms with Crippen molar-refractivity contribution in [3.05, 3.63) is 11.6 Å². The predicted octanol–water partition coefficient (Wildman–Crippen LogP) is 1.30. The van der Waals surface area contributed by atoms with Crippen molar-refractivity contribution >= 4 is 5.97 Å². The van der Waals surface area contributed by atoms with E-state index in [9.17, 15) is 4.79 Å². The van der Waals surface area contributed by atoms with Gasteiger partial charge in [0.1, 0.15) is 6.10 Å². The normalized spacial score (nSPS) is 24.1. The van der Waals surface area contributed by atoms with Crippen molar-refractivity contribution in [2.24, 2.45) is 0 Å². The number of rotatable bonds is 4. The molecule has 0 bridgehead atoms. The molecule has 1 heterocycles. The summed E-state index contributed by atoms with van der Waals surface area (Å²) in [6, 6.07) is 0. The molecule has 1 fully saturated rings. The van der Waals surface area contributed by atoms with Crippen LogP contribution in [0.3, 0.4) is 0 Å². The molecule has 15 heavy (non-hydrogen) atoms. The number of esters is 1. The monoisotopic (exact) mass is 214 g/mol. The molecular formula is C11H18O4. The standard InChI is InChI=1S/C11H18O4/c1-3-14-10-8-13-6-5-9(10)7-11(12)15-4-2/h7,10H,3-6,8H2,1-2H3/b9-7-. The van der Waals surface area contributed by atoms with Crippen LogP contribution in [0, 0.1) is 0 Å². The van der Waals surface area contributed by atoms with Crippen molar-refractivity contribution in [3.63, 3.8) is 0 Å². The van der Waals surface area contributed by atoms with E-state index in [1.165, 1.54) is 6.08 Å². The molecule has 86 valence electrons. The van der Waals surface area contributed by atoms with E-state index in [0.29, 0.717) is 26.4 Å². The Labute approximate surface area is 90.2 Å². The fraction of sp³-hybridized carbons (Fsp3) is 0.727. The van der Waals surface area contributed by atoms with E-state index in [0.717, 1.165) is 12.0 Å². The average Bonchev–Trinajstić information content (AvgIpc) is 2.21. The number of hydrogen-bond donors (Lipinski definition) is 0. The average molecular weight is 214 g/mol. The Bertz CT molecular complexity index is 233. The summed E-state index contributed by atoms with van der Waals surface area (Å²) in [5.41, 5.74) is 0.974. The Morgan fingerprint density at radius 2 is 2.33 bits per heavy atom. The summed E-state index contributed by atoms with van der Waals surface area (Å²) in [6.45, 7) is 5.91. The van der Waals surface area contributed by atoms with Crippen molar-refractivity contribution in [2.45, 2.75) is 26.4 Å². The molecule has 0 N–H and O–H groups in total. The molecule has 4 heteroatoms. The first kappa shape index (κ1) is 12.2. The smallest absolute Gasteiger partial charge is 0.330 e. The third kappa shape index (κ3) is 4.01. The molecule has 1 saturated heterocycles. The first-order chi connectivity index (χ1) is 7.27.